The molecule has 15 nitrogen and oxygen atoms in total. The maximum Gasteiger partial charge on any atom is 0.308 e. The van der Waals surface area contributed by atoms with Gasteiger partial charge in [0.05, 0.1) is 25.6 Å². The van der Waals surface area contributed by atoms with Crippen LogP contribution < -0.4 is 26.6 Å². The van der Waals surface area contributed by atoms with E-state index in [0.29, 0.717) is 18.0 Å². The fourth-order valence-electron chi connectivity index (χ4n) is 7.56. The molecule has 1 fully saturated rings. The molecular weight excluding hydrogens is 773 g/mol. The van der Waals surface area contributed by atoms with E-state index < -0.39 is 82.1 Å². The summed E-state index contributed by atoms with van der Waals surface area (Å²) in [5, 5.41) is 17.6. The number of nitrogens with zero attached hydrogens (tertiary/aromatic N) is 3. The van der Waals surface area contributed by atoms with Gasteiger partial charge in [-0.15, -0.1) is 11.3 Å². The first-order valence-corrected chi connectivity index (χ1v) is 21.2. The van der Waals surface area contributed by atoms with Crippen molar-refractivity contribution in [2.45, 2.75) is 131 Å². The minimum atomic E-state index is -1.12. The Morgan fingerprint density at radius 1 is 0.966 bits per heavy atom. The molecule has 1 saturated heterocycles. The number of rotatable bonds is 11. The number of benzene rings is 1. The van der Waals surface area contributed by atoms with Crippen molar-refractivity contribution in [1.82, 2.24) is 36.5 Å². The molecule has 5 N–H and O–H groups in total. The highest BCUT2D eigenvalue weighted by atomic mass is 32.1. The summed E-state index contributed by atoms with van der Waals surface area (Å²) in [6, 6.07) is 3.74. The van der Waals surface area contributed by atoms with Crippen LogP contribution in [0.2, 0.25) is 0 Å². The Morgan fingerprint density at radius 3 is 2.19 bits per heavy atom. The lowest BCUT2D eigenvalue weighted by Crippen LogP contribution is -2.65. The molecule has 0 aliphatic carbocycles. The van der Waals surface area contributed by atoms with Crippen molar-refractivity contribution in [3.05, 3.63) is 52.5 Å². The number of carbonyl (C=O) groups is 6. The molecule has 2 aromatic rings. The highest BCUT2D eigenvalue weighted by molar-refractivity contribution is 7.09. The summed E-state index contributed by atoms with van der Waals surface area (Å²) in [5.41, 5.74) is -1.27. The van der Waals surface area contributed by atoms with Crippen molar-refractivity contribution >= 4 is 52.7 Å². The number of hydrogen-bond acceptors (Lipinski definition) is 11. The largest absolute Gasteiger partial charge is 0.469 e. The Bertz CT molecular complexity index is 1850. The number of amides is 5. The van der Waals surface area contributed by atoms with E-state index in [-0.39, 0.29) is 36.5 Å². The van der Waals surface area contributed by atoms with Crippen molar-refractivity contribution in [1.29, 1.82) is 0 Å². The van der Waals surface area contributed by atoms with Crippen LogP contribution in [0.5, 0.6) is 0 Å². The number of aliphatic imine (C=N–C) groups is 1. The van der Waals surface area contributed by atoms with E-state index in [0.717, 1.165) is 5.56 Å². The van der Waals surface area contributed by atoms with Crippen LogP contribution in [-0.2, 0) is 33.5 Å². The van der Waals surface area contributed by atoms with Crippen molar-refractivity contribution in [3.63, 3.8) is 0 Å². The number of methoxy groups -OCH3 is 1. The van der Waals surface area contributed by atoms with Gasteiger partial charge in [-0.05, 0) is 34.1 Å². The van der Waals surface area contributed by atoms with Crippen LogP contribution in [0.4, 0.5) is 0 Å². The van der Waals surface area contributed by atoms with Crippen LogP contribution in [0.25, 0.3) is 0 Å². The number of carbonyl (C=O) groups excluding carboxylic acids is 6. The lowest BCUT2D eigenvalue weighted by atomic mass is 9.82. The Labute approximate surface area is 352 Å². The molecule has 0 spiro atoms. The summed E-state index contributed by atoms with van der Waals surface area (Å²) in [6.45, 7) is 20.7. The first-order valence-electron chi connectivity index (χ1n) is 20.3. The molecule has 5 amide bonds. The summed E-state index contributed by atoms with van der Waals surface area (Å²) in [6.07, 6.45) is 2.00. The smallest absolute Gasteiger partial charge is 0.308 e. The molecule has 0 bridgehead atoms. The van der Waals surface area contributed by atoms with Crippen LogP contribution in [0, 0.1) is 22.2 Å². The van der Waals surface area contributed by atoms with Gasteiger partial charge < -0.3 is 36.2 Å². The highest BCUT2D eigenvalue weighted by Gasteiger charge is 2.49. The van der Waals surface area contributed by atoms with Crippen molar-refractivity contribution in [2.24, 2.45) is 27.2 Å². The average molecular weight is 837 g/mol. The zero-order valence-corrected chi connectivity index (χ0v) is 37.4. The summed E-state index contributed by atoms with van der Waals surface area (Å²) in [5.74, 6) is -3.41. The molecule has 2 aliphatic rings. The number of thiazole rings is 1. The molecule has 3 heterocycles. The lowest BCUT2D eigenvalue weighted by Gasteiger charge is -2.40. The highest BCUT2D eigenvalue weighted by Crippen LogP contribution is 2.37. The van der Waals surface area contributed by atoms with Gasteiger partial charge in [0, 0.05) is 24.0 Å². The molecule has 1 aromatic heterocycles. The van der Waals surface area contributed by atoms with Crippen molar-refractivity contribution in [2.75, 3.05) is 20.2 Å². The van der Waals surface area contributed by atoms with Gasteiger partial charge in [0.2, 0.25) is 29.5 Å². The maximum absolute atomic E-state index is 14.8. The number of hydrogen-bond donors (Lipinski definition) is 5. The van der Waals surface area contributed by atoms with Gasteiger partial charge in [0.15, 0.2) is 0 Å². The second-order valence-corrected chi connectivity index (χ2v) is 19.7. The number of ether oxygens (including phenoxy) is 1. The van der Waals surface area contributed by atoms with Crippen LogP contribution in [0.1, 0.15) is 112 Å². The van der Waals surface area contributed by atoms with Gasteiger partial charge in [-0.25, -0.2) is 4.98 Å². The SMILES string of the molecule is COC(=O)CC(NC(=O)C(NC(=O)C(NC1=NCC(=O)N2CCC(C)(C)C2C(=O)N[C@@H](C(C)C)C(=O)NC1C(C)(C)C)C(C)(C)C)C(C)c1ccccc1)c1nccs1. The predicted octanol–water partition coefficient (Wildman–Crippen LogP) is 3.87. The van der Waals surface area contributed by atoms with E-state index in [1.165, 1.54) is 18.4 Å². The summed E-state index contributed by atoms with van der Waals surface area (Å²) >= 11 is 1.28. The Balaban J connectivity index is 1.77. The number of nitrogens with one attached hydrogen (secondary N) is 5. The molecule has 1 aromatic carbocycles. The fourth-order valence-corrected chi connectivity index (χ4v) is 8.25. The third-order valence-electron chi connectivity index (χ3n) is 11.2. The number of esters is 1. The van der Waals surface area contributed by atoms with Gasteiger partial charge in [0.25, 0.3) is 0 Å². The minimum Gasteiger partial charge on any atom is -0.469 e. The van der Waals surface area contributed by atoms with Crippen LogP contribution in [0.3, 0.4) is 0 Å². The summed E-state index contributed by atoms with van der Waals surface area (Å²) in [7, 11) is 1.27. The van der Waals surface area contributed by atoms with Crippen LogP contribution >= 0.6 is 11.3 Å². The third-order valence-corrected chi connectivity index (χ3v) is 12.1. The zero-order valence-electron chi connectivity index (χ0n) is 36.6. The predicted molar refractivity (Wildman–Crippen MR) is 227 cm³/mol. The molecule has 6 unspecified atom stereocenters. The van der Waals surface area contributed by atoms with Gasteiger partial charge in [-0.3, -0.25) is 33.8 Å². The molecule has 0 radical (unpaired) electrons. The van der Waals surface area contributed by atoms with E-state index in [1.54, 1.807) is 16.5 Å². The molecule has 59 heavy (non-hydrogen) atoms. The number of aromatic nitrogens is 1. The zero-order chi connectivity index (χ0) is 44.0. The second-order valence-electron chi connectivity index (χ2n) is 18.8. The molecule has 0 saturated carbocycles. The second kappa shape index (κ2) is 19.0. The third kappa shape index (κ3) is 11.7. The molecule has 324 valence electrons. The maximum atomic E-state index is 14.8. The van der Waals surface area contributed by atoms with Crippen molar-refractivity contribution < 1.29 is 33.5 Å². The number of fused-ring (bicyclic) bond motifs is 1. The van der Waals surface area contributed by atoms with Gasteiger partial charge in [0.1, 0.15) is 41.6 Å². The van der Waals surface area contributed by atoms with Gasteiger partial charge in [-0.2, -0.15) is 0 Å². The first-order chi connectivity index (χ1) is 27.5. The molecular formula is C43H64N8O7S. The Hall–Kier alpha value is -4.86. The molecule has 4 rings (SSSR count). The minimum absolute atomic E-state index is 0.169. The normalized spacial score (nSPS) is 22.3. The molecule has 7 atom stereocenters. The van der Waals surface area contributed by atoms with E-state index in [2.05, 4.69) is 31.6 Å². The molecule has 2 aliphatic heterocycles. The quantitative estimate of drug-likeness (QED) is 0.209. The number of amidine groups is 1. The topological polar surface area (TPSA) is 200 Å². The summed E-state index contributed by atoms with van der Waals surface area (Å²) < 4.78 is 4.91. The van der Waals surface area contributed by atoms with Gasteiger partial charge in [-0.1, -0.05) is 106 Å². The Kier molecular flexibility index (Phi) is 15.1. The van der Waals surface area contributed by atoms with E-state index in [9.17, 15) is 28.8 Å². The monoisotopic (exact) mass is 836 g/mol. The lowest BCUT2D eigenvalue weighted by molar-refractivity contribution is -0.142. The van der Waals surface area contributed by atoms with E-state index >= 15 is 0 Å². The van der Waals surface area contributed by atoms with Gasteiger partial charge >= 0.3 is 5.97 Å². The first kappa shape index (κ1) is 46.8. The molecule has 16 heteroatoms. The summed E-state index contributed by atoms with van der Waals surface area (Å²) in [4.78, 5) is 94.4. The van der Waals surface area contributed by atoms with E-state index in [4.69, 9.17) is 9.73 Å². The van der Waals surface area contributed by atoms with Crippen LogP contribution in [-0.4, -0.2) is 102 Å². The fraction of sp³-hybridized carbons (Fsp3) is 0.628. The van der Waals surface area contributed by atoms with E-state index in [1.807, 2.05) is 106 Å². The Morgan fingerprint density at radius 2 is 1.63 bits per heavy atom. The standard InChI is InChI=1S/C43H64N8O7S/c1-24(2)30-36(54)50-32(41(4,5)6)35(45-23-28(52)51-20-18-43(10,11)34(51)39(57)47-30)49-33(42(7,8)9)38(56)48-31(25(3)26-16-14-13-15-17-26)37(55)46-27(22-29(53)58-12)40-44-19-21-59-40/h13-17,19,21,24-25,27,30-34H,18,20,22-23H2,1-12H3,(H,45,49)(H,46,55)(H,47,57)(H,48,56)(H,50,54)/t25?,27?,30-,31?,32?,33?,34?/m0/s1. The average Bonchev–Trinajstić information content (AvgIpc) is 3.81. The van der Waals surface area contributed by atoms with Crippen molar-refractivity contribution in [3.8, 4) is 0 Å². The van der Waals surface area contributed by atoms with Crippen LogP contribution in [0.15, 0.2) is 46.9 Å².